The van der Waals surface area contributed by atoms with Crippen LogP contribution in [0, 0.1) is 6.92 Å². The summed E-state index contributed by atoms with van der Waals surface area (Å²) in [5.74, 6) is -0.0995. The number of halogens is 1. The standard InChI is InChI=1S/C26H24ClN3O/c1-19-23(17-28-29-26(31)16-15-20-9-3-2-4-10-20)22-12-6-8-14-25(22)30(19)18-21-11-5-7-13-24(21)27/h2-14,17H,15-16,18H2,1H3,(H,29,31). The Kier molecular flexibility index (Phi) is 6.48. The Morgan fingerprint density at radius 2 is 1.71 bits per heavy atom. The Morgan fingerprint density at radius 1 is 1.00 bits per heavy atom. The van der Waals surface area contributed by atoms with Crippen LogP contribution in [-0.2, 0) is 17.8 Å². The molecule has 0 bridgehead atoms. The van der Waals surface area contributed by atoms with E-state index in [1.54, 1.807) is 6.21 Å². The summed E-state index contributed by atoms with van der Waals surface area (Å²) in [6.45, 7) is 2.73. The average molecular weight is 430 g/mol. The fraction of sp³-hybridized carbons (Fsp3) is 0.154. The van der Waals surface area contributed by atoms with Crippen LogP contribution in [0.3, 0.4) is 0 Å². The Balaban J connectivity index is 1.52. The summed E-state index contributed by atoms with van der Waals surface area (Å²) in [4.78, 5) is 12.2. The number of carbonyl (C=O) groups excluding carboxylic acids is 1. The van der Waals surface area contributed by atoms with Gasteiger partial charge in [0.1, 0.15) is 0 Å². The van der Waals surface area contributed by atoms with Crippen molar-refractivity contribution in [3.63, 3.8) is 0 Å². The molecular formula is C26H24ClN3O. The first-order valence-corrected chi connectivity index (χ1v) is 10.7. The number of hydrogen-bond acceptors (Lipinski definition) is 2. The van der Waals surface area contributed by atoms with Gasteiger partial charge in [-0.05, 0) is 36.6 Å². The minimum absolute atomic E-state index is 0.0995. The lowest BCUT2D eigenvalue weighted by atomic mass is 10.1. The fourth-order valence-corrected chi connectivity index (χ4v) is 3.94. The lowest BCUT2D eigenvalue weighted by Crippen LogP contribution is -2.18. The Bertz CT molecular complexity index is 1230. The van der Waals surface area contributed by atoms with Crippen molar-refractivity contribution in [3.05, 3.63) is 106 Å². The normalized spacial score (nSPS) is 11.3. The van der Waals surface area contributed by atoms with E-state index in [2.05, 4.69) is 34.2 Å². The van der Waals surface area contributed by atoms with Crippen LogP contribution in [0.4, 0.5) is 0 Å². The van der Waals surface area contributed by atoms with Crippen molar-refractivity contribution in [2.45, 2.75) is 26.3 Å². The molecule has 1 heterocycles. The van der Waals surface area contributed by atoms with Crippen molar-refractivity contribution in [1.29, 1.82) is 0 Å². The first-order chi connectivity index (χ1) is 15.1. The number of aromatic nitrogens is 1. The zero-order valence-corrected chi connectivity index (χ0v) is 18.1. The second kappa shape index (κ2) is 9.63. The molecule has 1 amide bonds. The van der Waals surface area contributed by atoms with E-state index in [-0.39, 0.29) is 5.91 Å². The molecule has 3 aromatic carbocycles. The Morgan fingerprint density at radius 3 is 2.52 bits per heavy atom. The van der Waals surface area contributed by atoms with Crippen molar-refractivity contribution in [2.24, 2.45) is 5.10 Å². The summed E-state index contributed by atoms with van der Waals surface area (Å²) in [5, 5.41) is 6.08. The maximum absolute atomic E-state index is 12.2. The topological polar surface area (TPSA) is 46.4 Å². The van der Waals surface area contributed by atoms with E-state index in [1.807, 2.05) is 66.7 Å². The molecule has 0 saturated heterocycles. The van der Waals surface area contributed by atoms with E-state index in [0.717, 1.165) is 38.3 Å². The lowest BCUT2D eigenvalue weighted by Gasteiger charge is -2.10. The highest BCUT2D eigenvalue weighted by molar-refractivity contribution is 6.31. The van der Waals surface area contributed by atoms with Gasteiger partial charge >= 0.3 is 0 Å². The summed E-state index contributed by atoms with van der Waals surface area (Å²) in [7, 11) is 0. The number of benzene rings is 3. The molecule has 0 radical (unpaired) electrons. The van der Waals surface area contributed by atoms with Crippen molar-refractivity contribution in [2.75, 3.05) is 0 Å². The molecule has 0 aliphatic carbocycles. The monoisotopic (exact) mass is 429 g/mol. The van der Waals surface area contributed by atoms with Gasteiger partial charge in [0.05, 0.1) is 6.21 Å². The molecule has 4 aromatic rings. The first-order valence-electron chi connectivity index (χ1n) is 10.3. The summed E-state index contributed by atoms with van der Waals surface area (Å²) >= 11 is 6.39. The van der Waals surface area contributed by atoms with Gasteiger partial charge in [-0.3, -0.25) is 4.79 Å². The minimum Gasteiger partial charge on any atom is -0.340 e. The number of nitrogens with one attached hydrogen (secondary N) is 1. The van der Waals surface area contributed by atoms with Gasteiger partial charge in [-0.1, -0.05) is 78.3 Å². The summed E-state index contributed by atoms with van der Waals surface area (Å²) in [6.07, 6.45) is 2.83. The second-order valence-corrected chi connectivity index (χ2v) is 7.88. The van der Waals surface area contributed by atoms with Crippen LogP contribution >= 0.6 is 11.6 Å². The minimum atomic E-state index is -0.0995. The molecule has 0 aliphatic heterocycles. The molecule has 0 atom stereocenters. The smallest absolute Gasteiger partial charge is 0.240 e. The number of aryl methyl sites for hydroxylation is 1. The fourth-order valence-electron chi connectivity index (χ4n) is 3.75. The summed E-state index contributed by atoms with van der Waals surface area (Å²) in [6, 6.07) is 26.1. The predicted octanol–water partition coefficient (Wildman–Crippen LogP) is 5.73. The second-order valence-electron chi connectivity index (χ2n) is 7.47. The van der Waals surface area contributed by atoms with Gasteiger partial charge in [0.15, 0.2) is 0 Å². The lowest BCUT2D eigenvalue weighted by molar-refractivity contribution is -0.121. The van der Waals surface area contributed by atoms with Crippen LogP contribution in [0.5, 0.6) is 0 Å². The van der Waals surface area contributed by atoms with Crippen molar-refractivity contribution < 1.29 is 4.79 Å². The molecule has 0 unspecified atom stereocenters. The third kappa shape index (κ3) is 4.86. The maximum atomic E-state index is 12.2. The quantitative estimate of drug-likeness (QED) is 0.296. The molecule has 5 heteroatoms. The highest BCUT2D eigenvalue weighted by atomic mass is 35.5. The van der Waals surface area contributed by atoms with E-state index >= 15 is 0 Å². The largest absolute Gasteiger partial charge is 0.340 e. The highest BCUT2D eigenvalue weighted by Gasteiger charge is 2.13. The molecule has 31 heavy (non-hydrogen) atoms. The van der Waals surface area contributed by atoms with Crippen molar-refractivity contribution in [3.8, 4) is 0 Å². The first kappa shape index (κ1) is 20.9. The van der Waals surface area contributed by atoms with Gasteiger partial charge < -0.3 is 4.57 Å². The van der Waals surface area contributed by atoms with Crippen LogP contribution in [0.2, 0.25) is 5.02 Å². The number of fused-ring (bicyclic) bond motifs is 1. The average Bonchev–Trinajstić information content (AvgIpc) is 3.06. The summed E-state index contributed by atoms with van der Waals surface area (Å²) in [5.41, 5.74) is 8.03. The molecule has 0 aliphatic rings. The number of rotatable bonds is 7. The van der Waals surface area contributed by atoms with E-state index < -0.39 is 0 Å². The van der Waals surface area contributed by atoms with Gasteiger partial charge in [0, 0.05) is 40.1 Å². The summed E-state index contributed by atoms with van der Waals surface area (Å²) < 4.78 is 2.23. The molecule has 4 rings (SSSR count). The van der Waals surface area contributed by atoms with Gasteiger partial charge in [-0.25, -0.2) is 5.43 Å². The highest BCUT2D eigenvalue weighted by Crippen LogP contribution is 2.27. The van der Waals surface area contributed by atoms with Crippen LogP contribution < -0.4 is 5.43 Å². The number of hydrazone groups is 1. The van der Waals surface area contributed by atoms with E-state index in [9.17, 15) is 4.79 Å². The number of nitrogens with zero attached hydrogens (tertiary/aromatic N) is 2. The van der Waals surface area contributed by atoms with Gasteiger partial charge in [0.25, 0.3) is 0 Å². The van der Waals surface area contributed by atoms with E-state index in [0.29, 0.717) is 19.4 Å². The molecule has 4 nitrogen and oxygen atoms in total. The number of amides is 1. The van der Waals surface area contributed by atoms with Gasteiger partial charge in [-0.15, -0.1) is 0 Å². The van der Waals surface area contributed by atoms with Crippen LogP contribution in [0.1, 0.15) is 28.8 Å². The SMILES string of the molecule is Cc1c(C=NNC(=O)CCc2ccccc2)c2ccccc2n1Cc1ccccc1Cl. The molecular weight excluding hydrogens is 406 g/mol. The molecule has 0 saturated carbocycles. The number of hydrogen-bond donors (Lipinski definition) is 1. The molecule has 0 spiro atoms. The maximum Gasteiger partial charge on any atom is 0.240 e. The van der Waals surface area contributed by atoms with Gasteiger partial charge in [-0.2, -0.15) is 5.10 Å². The third-order valence-electron chi connectivity index (χ3n) is 5.43. The third-order valence-corrected chi connectivity index (χ3v) is 5.80. The Hall–Kier alpha value is -3.37. The zero-order valence-electron chi connectivity index (χ0n) is 17.4. The Labute approximate surface area is 187 Å². The number of para-hydroxylation sites is 1. The zero-order chi connectivity index (χ0) is 21.6. The van der Waals surface area contributed by atoms with Crippen molar-refractivity contribution in [1.82, 2.24) is 9.99 Å². The molecule has 1 aromatic heterocycles. The van der Waals surface area contributed by atoms with Crippen LogP contribution in [0.15, 0.2) is 84.0 Å². The molecule has 1 N–H and O–H groups in total. The molecule has 0 fully saturated rings. The van der Waals surface area contributed by atoms with Crippen molar-refractivity contribution >= 4 is 34.6 Å². The van der Waals surface area contributed by atoms with E-state index in [4.69, 9.17) is 11.6 Å². The predicted molar refractivity (Wildman–Crippen MR) is 128 cm³/mol. The molecule has 156 valence electrons. The number of carbonyl (C=O) groups is 1. The van der Waals surface area contributed by atoms with E-state index in [1.165, 1.54) is 0 Å². The van der Waals surface area contributed by atoms with Gasteiger partial charge in [0.2, 0.25) is 5.91 Å². The van der Waals surface area contributed by atoms with Crippen LogP contribution in [-0.4, -0.2) is 16.7 Å². The van der Waals surface area contributed by atoms with Crippen LogP contribution in [0.25, 0.3) is 10.9 Å².